The molecule has 0 spiro atoms. The van der Waals surface area contributed by atoms with E-state index in [2.05, 4.69) is 11.4 Å². The summed E-state index contributed by atoms with van der Waals surface area (Å²) in [5.41, 5.74) is 3.64. The number of rotatable bonds is 3. The molecule has 1 aliphatic rings. The van der Waals surface area contributed by atoms with Crippen LogP contribution in [0.2, 0.25) is 0 Å². The van der Waals surface area contributed by atoms with E-state index in [0.717, 1.165) is 35.0 Å². The van der Waals surface area contributed by atoms with Gasteiger partial charge >= 0.3 is 0 Å². The smallest absolute Gasteiger partial charge is 0.239 e. The molecule has 0 fully saturated rings. The highest BCUT2D eigenvalue weighted by molar-refractivity contribution is 7.19. The zero-order chi connectivity index (χ0) is 18.1. The van der Waals surface area contributed by atoms with Gasteiger partial charge in [-0.3, -0.25) is 4.79 Å². The van der Waals surface area contributed by atoms with Crippen molar-refractivity contribution in [3.8, 4) is 17.3 Å². The molecule has 130 valence electrons. The first-order valence-electron chi connectivity index (χ1n) is 8.52. The fourth-order valence-corrected chi connectivity index (χ4v) is 4.84. The van der Waals surface area contributed by atoms with Crippen molar-refractivity contribution in [1.29, 1.82) is 5.26 Å². The second-order valence-corrected chi connectivity index (χ2v) is 7.61. The number of thiophene rings is 1. The number of carbonyl (C=O) groups is 1. The molecule has 4 rings (SSSR count). The molecule has 0 saturated heterocycles. The molecule has 26 heavy (non-hydrogen) atoms. The van der Waals surface area contributed by atoms with E-state index in [1.54, 1.807) is 11.3 Å². The van der Waals surface area contributed by atoms with Gasteiger partial charge in [0, 0.05) is 15.8 Å². The summed E-state index contributed by atoms with van der Waals surface area (Å²) in [6.45, 7) is 0. The van der Waals surface area contributed by atoms with Gasteiger partial charge in [-0.05, 0) is 31.2 Å². The highest BCUT2D eigenvalue weighted by Crippen LogP contribution is 2.43. The van der Waals surface area contributed by atoms with Crippen molar-refractivity contribution in [1.82, 2.24) is 4.98 Å². The van der Waals surface area contributed by atoms with E-state index in [4.69, 9.17) is 16.6 Å². The zero-order valence-corrected chi connectivity index (χ0v) is 15.6. The summed E-state index contributed by atoms with van der Waals surface area (Å²) >= 11 is 7.39. The van der Waals surface area contributed by atoms with E-state index in [-0.39, 0.29) is 11.8 Å². The summed E-state index contributed by atoms with van der Waals surface area (Å²) in [7, 11) is 0. The maximum absolute atomic E-state index is 12.1. The van der Waals surface area contributed by atoms with Crippen LogP contribution in [-0.2, 0) is 17.6 Å². The van der Waals surface area contributed by atoms with E-state index in [1.165, 1.54) is 16.9 Å². The molecule has 0 radical (unpaired) electrons. The minimum absolute atomic E-state index is 0.151. The lowest BCUT2D eigenvalue weighted by Gasteiger charge is -2.15. The van der Waals surface area contributed by atoms with Gasteiger partial charge in [0.05, 0.1) is 11.4 Å². The average Bonchev–Trinajstić information content (AvgIpc) is 3.06. The first-order valence-corrected chi connectivity index (χ1v) is 9.87. The van der Waals surface area contributed by atoms with Crippen molar-refractivity contribution in [3.05, 3.63) is 46.3 Å². The van der Waals surface area contributed by atoms with Crippen LogP contribution in [0.4, 0.5) is 5.69 Å². The van der Waals surface area contributed by atoms with Crippen LogP contribution >= 0.6 is 22.9 Å². The molecule has 0 bridgehead atoms. The third-order valence-electron chi connectivity index (χ3n) is 4.65. The van der Waals surface area contributed by atoms with Gasteiger partial charge in [0.1, 0.15) is 22.3 Å². The van der Waals surface area contributed by atoms with Crippen LogP contribution < -0.4 is 5.32 Å². The molecule has 2 aromatic heterocycles. The van der Waals surface area contributed by atoms with E-state index in [1.807, 2.05) is 30.3 Å². The predicted molar refractivity (Wildman–Crippen MR) is 106 cm³/mol. The van der Waals surface area contributed by atoms with Gasteiger partial charge in [-0.1, -0.05) is 30.3 Å². The Kier molecular flexibility index (Phi) is 4.62. The van der Waals surface area contributed by atoms with Crippen LogP contribution in [0, 0.1) is 11.3 Å². The molecule has 0 saturated carbocycles. The fraction of sp³-hybridized carbons (Fsp3) is 0.250. The molecule has 2 heterocycles. The molecule has 4 nitrogen and oxygen atoms in total. The van der Waals surface area contributed by atoms with Gasteiger partial charge in [-0.15, -0.1) is 22.9 Å². The Bertz CT molecular complexity index is 1040. The second-order valence-electron chi connectivity index (χ2n) is 6.26. The minimum Gasteiger partial charge on any atom is -0.323 e. The van der Waals surface area contributed by atoms with Gasteiger partial charge in [0.25, 0.3) is 0 Å². The Hall–Kier alpha value is -2.42. The number of halogens is 1. The molecule has 6 heteroatoms. The standard InChI is InChI=1S/C20H16ClN3OS/c21-10-16(25)23-19-14(11-22)18(12-6-2-1-3-7-12)24-20-17(19)13-8-4-5-9-15(13)26-20/h1-3,6-7H,4-5,8-10H2,(H,23,24,25). The Balaban J connectivity index is 2.05. The van der Waals surface area contributed by atoms with Crippen LogP contribution in [0.1, 0.15) is 28.8 Å². The normalized spacial score (nSPS) is 13.2. The Morgan fingerprint density at radius 1 is 1.27 bits per heavy atom. The molecule has 1 aromatic carbocycles. The third kappa shape index (κ3) is 2.86. The van der Waals surface area contributed by atoms with Gasteiger partial charge < -0.3 is 5.32 Å². The lowest BCUT2D eigenvalue weighted by Crippen LogP contribution is -2.15. The van der Waals surface area contributed by atoms with Gasteiger partial charge in [-0.25, -0.2) is 4.98 Å². The highest BCUT2D eigenvalue weighted by Gasteiger charge is 2.25. The van der Waals surface area contributed by atoms with Crippen molar-refractivity contribution in [2.45, 2.75) is 25.7 Å². The van der Waals surface area contributed by atoms with Gasteiger partial charge in [0.15, 0.2) is 0 Å². The van der Waals surface area contributed by atoms with Gasteiger partial charge in [0.2, 0.25) is 5.91 Å². The van der Waals surface area contributed by atoms with Crippen LogP contribution in [0.25, 0.3) is 21.5 Å². The first-order chi connectivity index (χ1) is 12.7. The monoisotopic (exact) mass is 381 g/mol. The number of hydrogen-bond acceptors (Lipinski definition) is 4. The fourth-order valence-electron chi connectivity index (χ4n) is 3.50. The number of fused-ring (bicyclic) bond motifs is 3. The van der Waals surface area contributed by atoms with Crippen molar-refractivity contribution in [2.24, 2.45) is 0 Å². The summed E-state index contributed by atoms with van der Waals surface area (Å²) in [6.07, 6.45) is 4.27. The second kappa shape index (κ2) is 7.06. The number of hydrogen-bond donors (Lipinski definition) is 1. The number of nitrogens with zero attached hydrogens (tertiary/aromatic N) is 2. The number of carbonyl (C=O) groups excluding carboxylic acids is 1. The zero-order valence-electron chi connectivity index (χ0n) is 14.0. The maximum atomic E-state index is 12.1. The first kappa shape index (κ1) is 17.0. The summed E-state index contributed by atoms with van der Waals surface area (Å²) in [5.74, 6) is -0.466. The lowest BCUT2D eigenvalue weighted by atomic mass is 9.94. The van der Waals surface area contributed by atoms with Crippen molar-refractivity contribution in [3.63, 3.8) is 0 Å². The average molecular weight is 382 g/mol. The van der Waals surface area contributed by atoms with Crippen LogP contribution in [-0.4, -0.2) is 16.8 Å². The summed E-state index contributed by atoms with van der Waals surface area (Å²) in [4.78, 5) is 19.1. The molecular formula is C20H16ClN3OS. The number of nitrogens with one attached hydrogen (secondary N) is 1. The van der Waals surface area contributed by atoms with Crippen molar-refractivity contribution in [2.75, 3.05) is 11.2 Å². The predicted octanol–water partition coefficient (Wildman–Crippen LogP) is 4.89. The van der Waals surface area contributed by atoms with Crippen molar-refractivity contribution < 1.29 is 4.79 Å². The third-order valence-corrected chi connectivity index (χ3v) is 6.08. The number of anilines is 1. The number of benzene rings is 1. The highest BCUT2D eigenvalue weighted by atomic mass is 35.5. The summed E-state index contributed by atoms with van der Waals surface area (Å²) in [5, 5.41) is 13.7. The molecular weight excluding hydrogens is 366 g/mol. The number of alkyl halides is 1. The number of aryl methyl sites for hydroxylation is 2. The van der Waals surface area contributed by atoms with Crippen LogP contribution in [0.3, 0.4) is 0 Å². The largest absolute Gasteiger partial charge is 0.323 e. The Morgan fingerprint density at radius 2 is 2.04 bits per heavy atom. The number of aromatic nitrogens is 1. The van der Waals surface area contributed by atoms with Crippen LogP contribution in [0.15, 0.2) is 30.3 Å². The van der Waals surface area contributed by atoms with Crippen molar-refractivity contribution >= 4 is 44.7 Å². The molecule has 1 N–H and O–H groups in total. The number of amides is 1. The summed E-state index contributed by atoms with van der Waals surface area (Å²) < 4.78 is 0. The van der Waals surface area contributed by atoms with Crippen LogP contribution in [0.5, 0.6) is 0 Å². The van der Waals surface area contributed by atoms with E-state index in [0.29, 0.717) is 16.9 Å². The molecule has 0 atom stereocenters. The number of nitriles is 1. The van der Waals surface area contributed by atoms with E-state index >= 15 is 0 Å². The molecule has 0 aliphatic heterocycles. The molecule has 1 amide bonds. The quantitative estimate of drug-likeness (QED) is 0.657. The molecule has 0 unspecified atom stereocenters. The Labute approximate surface area is 160 Å². The van der Waals surface area contributed by atoms with Gasteiger partial charge in [-0.2, -0.15) is 5.26 Å². The number of pyridine rings is 1. The lowest BCUT2D eigenvalue weighted by molar-refractivity contribution is -0.113. The molecule has 1 aliphatic carbocycles. The minimum atomic E-state index is -0.314. The SMILES string of the molecule is N#Cc1c(-c2ccccc2)nc2sc3c(c2c1NC(=O)CCl)CCCC3. The van der Waals surface area contributed by atoms with E-state index in [9.17, 15) is 10.1 Å². The summed E-state index contributed by atoms with van der Waals surface area (Å²) in [6, 6.07) is 11.9. The molecule has 3 aromatic rings. The topological polar surface area (TPSA) is 65.8 Å². The maximum Gasteiger partial charge on any atom is 0.239 e. The Morgan fingerprint density at radius 3 is 2.77 bits per heavy atom. The van der Waals surface area contributed by atoms with E-state index < -0.39 is 0 Å².